The maximum atomic E-state index is 14.9. The molecule has 0 fully saturated rings. The summed E-state index contributed by atoms with van der Waals surface area (Å²) in [6.45, 7) is 2.86. The normalized spacial score (nSPS) is 13.7. The summed E-state index contributed by atoms with van der Waals surface area (Å²) in [5.74, 6) is -1.76. The van der Waals surface area contributed by atoms with Crippen LogP contribution in [0.3, 0.4) is 0 Å². The van der Waals surface area contributed by atoms with E-state index in [1.54, 1.807) is 18.5 Å². The van der Waals surface area contributed by atoms with Gasteiger partial charge in [0.15, 0.2) is 5.82 Å². The molecule has 0 bridgehead atoms. The van der Waals surface area contributed by atoms with Gasteiger partial charge in [-0.05, 0) is 50.2 Å². The Kier molecular flexibility index (Phi) is 7.99. The molecule has 3 heterocycles. The fourth-order valence-electron chi connectivity index (χ4n) is 3.95. The number of halogens is 2. The molecule has 0 unspecified atom stereocenters. The number of benzene rings is 1. The molecule has 1 aliphatic rings. The smallest absolute Gasteiger partial charge is 0.342 e. The molecular formula is C22H24ClFN6O7S. The van der Waals surface area contributed by atoms with Crippen LogP contribution in [-0.2, 0) is 40.6 Å². The summed E-state index contributed by atoms with van der Waals surface area (Å²) in [4.78, 5) is 68.2. The highest BCUT2D eigenvalue weighted by atomic mass is 35.5. The predicted octanol–water partition coefficient (Wildman–Crippen LogP) is 0.560. The summed E-state index contributed by atoms with van der Waals surface area (Å²) in [6.07, 6.45) is 1.12. The summed E-state index contributed by atoms with van der Waals surface area (Å²) in [5, 5.41) is -0.334. The highest BCUT2D eigenvalue weighted by molar-refractivity contribution is 7.06. The van der Waals surface area contributed by atoms with Gasteiger partial charge >= 0.3 is 27.9 Å². The Hall–Kier alpha value is -3.56. The van der Waals surface area contributed by atoms with Crippen LogP contribution < -0.4 is 26.7 Å². The third kappa shape index (κ3) is 5.21. The number of rotatable bonds is 7. The number of esters is 1. The average Bonchev–Trinajstić information content (AvgIpc) is 3.17. The van der Waals surface area contributed by atoms with Gasteiger partial charge in [-0.2, -0.15) is 0 Å². The van der Waals surface area contributed by atoms with Crippen molar-refractivity contribution in [3.05, 3.63) is 68.9 Å². The Labute approximate surface area is 222 Å². The Balaban J connectivity index is 1.95. The number of carbonyl (C=O) groups is 1. The van der Waals surface area contributed by atoms with Crippen molar-refractivity contribution in [2.45, 2.75) is 59.2 Å². The molecule has 2 aromatic heterocycles. The highest BCUT2D eigenvalue weighted by Gasteiger charge is 2.22. The van der Waals surface area contributed by atoms with Crippen LogP contribution in [0.25, 0.3) is 5.69 Å². The van der Waals surface area contributed by atoms with Crippen LogP contribution in [-0.4, -0.2) is 42.2 Å². The van der Waals surface area contributed by atoms with E-state index in [9.17, 15) is 28.4 Å². The molecule has 0 saturated heterocycles. The minimum Gasteiger partial charge on any atom is -0.462 e. The third-order valence-corrected chi connectivity index (χ3v) is 6.76. The highest BCUT2D eigenvalue weighted by Crippen LogP contribution is 2.27. The van der Waals surface area contributed by atoms with Crippen molar-refractivity contribution >= 4 is 34.6 Å². The molecule has 1 aromatic carbocycles. The van der Waals surface area contributed by atoms with Crippen LogP contribution in [0.4, 0.5) is 10.1 Å². The van der Waals surface area contributed by atoms with Crippen molar-refractivity contribution in [2.24, 2.45) is 4.99 Å². The van der Waals surface area contributed by atoms with Crippen molar-refractivity contribution in [1.29, 1.82) is 0 Å². The minimum absolute atomic E-state index is 0.229. The molecule has 3 aromatic rings. The second kappa shape index (κ2) is 11.0. The zero-order valence-electron chi connectivity index (χ0n) is 20.7. The summed E-state index contributed by atoms with van der Waals surface area (Å²) < 4.78 is 29.6. The first kappa shape index (κ1) is 27.5. The van der Waals surface area contributed by atoms with Gasteiger partial charge in [-0.15, -0.1) is 0 Å². The Morgan fingerprint density at radius 2 is 1.74 bits per heavy atom. The Bertz CT molecular complexity index is 1710. The van der Waals surface area contributed by atoms with Crippen molar-refractivity contribution < 1.29 is 18.7 Å². The lowest BCUT2D eigenvalue weighted by atomic mass is 10.2. The molecule has 13 nitrogen and oxygen atoms in total. The van der Waals surface area contributed by atoms with Crippen molar-refractivity contribution in [3.8, 4) is 5.69 Å². The number of fused-ring (bicyclic) bond motifs is 1. The quantitative estimate of drug-likeness (QED) is 0.378. The van der Waals surface area contributed by atoms with Crippen LogP contribution in [0, 0.1) is 5.82 Å². The molecule has 204 valence electrons. The van der Waals surface area contributed by atoms with Crippen molar-refractivity contribution in [3.63, 3.8) is 0 Å². The van der Waals surface area contributed by atoms with Gasteiger partial charge in [-0.3, -0.25) is 14.3 Å². The number of hydrogen-bond acceptors (Lipinski definition) is 9. The summed E-state index contributed by atoms with van der Waals surface area (Å²) in [7, 11) is 1.22. The van der Waals surface area contributed by atoms with Gasteiger partial charge in [0.2, 0.25) is 4.80 Å². The van der Waals surface area contributed by atoms with E-state index in [0.717, 1.165) is 36.3 Å². The number of aromatic nitrogens is 5. The monoisotopic (exact) mass is 570 g/mol. The SMILES string of the molecule is COCn1c(=O)n(CC(=O)OC(C)C)c(=O)n(-c2cc(N=c3sc(=O)n4n3CCCC4)c(F)cc2Cl)c1=O. The summed E-state index contributed by atoms with van der Waals surface area (Å²) in [6, 6.07) is 1.92. The Morgan fingerprint density at radius 1 is 1.08 bits per heavy atom. The van der Waals surface area contributed by atoms with Crippen molar-refractivity contribution in [1.82, 2.24) is 23.1 Å². The van der Waals surface area contributed by atoms with Gasteiger partial charge in [0, 0.05) is 20.2 Å². The largest absolute Gasteiger partial charge is 0.462 e. The first-order valence-corrected chi connectivity index (χ1v) is 12.7. The molecule has 0 spiro atoms. The predicted molar refractivity (Wildman–Crippen MR) is 135 cm³/mol. The van der Waals surface area contributed by atoms with Crippen LogP contribution >= 0.6 is 22.9 Å². The fourth-order valence-corrected chi connectivity index (χ4v) is 5.07. The molecular weight excluding hydrogens is 547 g/mol. The van der Waals surface area contributed by atoms with Gasteiger partial charge in [-0.1, -0.05) is 11.6 Å². The van der Waals surface area contributed by atoms with Gasteiger partial charge in [-0.25, -0.2) is 42.1 Å². The van der Waals surface area contributed by atoms with Crippen LogP contribution in [0.15, 0.2) is 36.3 Å². The Morgan fingerprint density at radius 3 is 2.39 bits per heavy atom. The zero-order chi connectivity index (χ0) is 27.7. The first-order valence-electron chi connectivity index (χ1n) is 11.5. The second-order valence-electron chi connectivity index (χ2n) is 8.62. The zero-order valence-corrected chi connectivity index (χ0v) is 22.3. The van der Waals surface area contributed by atoms with E-state index < -0.39 is 48.2 Å². The van der Waals surface area contributed by atoms with Gasteiger partial charge < -0.3 is 9.47 Å². The third-order valence-electron chi connectivity index (χ3n) is 5.58. The van der Waals surface area contributed by atoms with Crippen LogP contribution in [0.2, 0.25) is 5.02 Å². The molecule has 4 rings (SSSR count). The number of nitrogens with zero attached hydrogens (tertiary/aromatic N) is 6. The lowest BCUT2D eigenvalue weighted by molar-refractivity contribution is -0.148. The topological polar surface area (TPSA) is 141 Å². The molecule has 16 heteroatoms. The average molecular weight is 571 g/mol. The lowest BCUT2D eigenvalue weighted by Crippen LogP contribution is -2.55. The maximum Gasteiger partial charge on any atom is 0.342 e. The van der Waals surface area contributed by atoms with E-state index in [1.165, 1.54) is 11.8 Å². The number of carbonyl (C=O) groups excluding carboxylic acids is 1. The van der Waals surface area contributed by atoms with Gasteiger partial charge in [0.05, 0.1) is 16.8 Å². The molecule has 0 aliphatic carbocycles. The molecule has 1 aliphatic heterocycles. The molecule has 0 radical (unpaired) electrons. The molecule has 38 heavy (non-hydrogen) atoms. The molecule has 0 atom stereocenters. The fraction of sp³-hybridized carbons (Fsp3) is 0.455. The van der Waals surface area contributed by atoms with E-state index in [4.69, 9.17) is 21.1 Å². The van der Waals surface area contributed by atoms with Crippen LogP contribution in [0.5, 0.6) is 0 Å². The number of ether oxygens (including phenoxy) is 2. The second-order valence-corrected chi connectivity index (χ2v) is 9.95. The summed E-state index contributed by atoms with van der Waals surface area (Å²) in [5.41, 5.74) is -4.02. The maximum absolute atomic E-state index is 14.9. The lowest BCUT2D eigenvalue weighted by Gasteiger charge is -2.16. The molecule has 0 amide bonds. The number of hydrogen-bond donors (Lipinski definition) is 0. The van der Waals surface area contributed by atoms with Crippen LogP contribution in [0.1, 0.15) is 26.7 Å². The van der Waals surface area contributed by atoms with Crippen molar-refractivity contribution in [2.75, 3.05) is 7.11 Å². The first-order chi connectivity index (χ1) is 18.0. The summed E-state index contributed by atoms with van der Waals surface area (Å²) >= 11 is 7.07. The molecule has 0 N–H and O–H groups in total. The van der Waals surface area contributed by atoms with E-state index in [0.29, 0.717) is 26.8 Å². The van der Waals surface area contributed by atoms with E-state index >= 15 is 0 Å². The van der Waals surface area contributed by atoms with Gasteiger partial charge in [0.1, 0.15) is 19.0 Å². The van der Waals surface area contributed by atoms with Gasteiger partial charge in [0.25, 0.3) is 0 Å². The molecule has 0 saturated carbocycles. The van der Waals surface area contributed by atoms with E-state index in [1.807, 2.05) is 0 Å². The number of methoxy groups -OCH3 is 1. The standard InChI is InChI=1S/C22H24ClFN6O7S/c1-12(2)37-17(31)10-26-19(32)27(11-36-3)21(34)30(20(26)33)16-9-15(14(24)8-13(16)23)25-18-28-6-4-5-7-29(28)22(35)38-18/h8-9,12H,4-7,10-11H2,1-3H3. The van der Waals surface area contributed by atoms with E-state index in [2.05, 4.69) is 4.99 Å². The minimum atomic E-state index is -1.20. The van der Waals surface area contributed by atoms with E-state index in [-0.39, 0.29) is 26.1 Å².